The van der Waals surface area contributed by atoms with E-state index < -0.39 is 0 Å². The number of aryl methyl sites for hydroxylation is 1. The number of hydrogen-bond donors (Lipinski definition) is 2. The average molecular weight is 388 g/mol. The van der Waals surface area contributed by atoms with Crippen LogP contribution in [0.15, 0.2) is 29.5 Å². The Balaban J connectivity index is 1.51. The third-order valence-corrected chi connectivity index (χ3v) is 5.82. The zero-order valence-corrected chi connectivity index (χ0v) is 17.2. The minimum atomic E-state index is 0.688. The van der Waals surface area contributed by atoms with E-state index in [4.69, 9.17) is 0 Å². The van der Waals surface area contributed by atoms with Crippen LogP contribution in [0.1, 0.15) is 22.4 Å². The molecule has 3 rings (SSSR count). The first-order valence-corrected chi connectivity index (χ1v) is 10.3. The molecule has 3 heterocycles. The molecular formula is C19H29N7S. The molecule has 1 saturated heterocycles. The van der Waals surface area contributed by atoms with E-state index in [9.17, 15) is 0 Å². The van der Waals surface area contributed by atoms with Crippen molar-refractivity contribution >= 4 is 23.1 Å². The first kappa shape index (κ1) is 19.6. The lowest BCUT2D eigenvalue weighted by Gasteiger charge is -2.33. The van der Waals surface area contributed by atoms with Crippen molar-refractivity contribution in [2.75, 3.05) is 45.2 Å². The highest BCUT2D eigenvalue weighted by atomic mass is 32.1. The lowest BCUT2D eigenvalue weighted by atomic mass is 10.2. The van der Waals surface area contributed by atoms with Gasteiger partial charge in [0.15, 0.2) is 5.96 Å². The van der Waals surface area contributed by atoms with Crippen molar-refractivity contribution in [3.8, 4) is 0 Å². The van der Waals surface area contributed by atoms with Gasteiger partial charge in [-0.2, -0.15) is 0 Å². The van der Waals surface area contributed by atoms with Crippen LogP contribution >= 0.6 is 11.3 Å². The van der Waals surface area contributed by atoms with E-state index in [1.807, 2.05) is 18.5 Å². The fraction of sp³-hybridized carbons (Fsp3) is 0.526. The number of pyridine rings is 1. The highest BCUT2D eigenvalue weighted by molar-refractivity contribution is 7.11. The second-order valence-corrected chi connectivity index (χ2v) is 7.87. The van der Waals surface area contributed by atoms with Gasteiger partial charge in [0.2, 0.25) is 0 Å². The summed E-state index contributed by atoms with van der Waals surface area (Å²) in [6, 6.07) is 4.22. The van der Waals surface area contributed by atoms with Crippen molar-refractivity contribution in [1.29, 1.82) is 0 Å². The first-order chi connectivity index (χ1) is 13.2. The summed E-state index contributed by atoms with van der Waals surface area (Å²) in [7, 11) is 3.95. The van der Waals surface area contributed by atoms with Gasteiger partial charge in [-0.15, -0.1) is 11.3 Å². The van der Waals surface area contributed by atoms with Gasteiger partial charge in [-0.1, -0.05) is 6.92 Å². The third kappa shape index (κ3) is 5.64. The van der Waals surface area contributed by atoms with E-state index in [0.29, 0.717) is 13.1 Å². The molecule has 0 aliphatic carbocycles. The van der Waals surface area contributed by atoms with Crippen LogP contribution in [0.25, 0.3) is 0 Å². The number of anilines is 1. The van der Waals surface area contributed by atoms with Crippen molar-refractivity contribution in [1.82, 2.24) is 25.5 Å². The lowest BCUT2D eigenvalue weighted by Crippen LogP contribution is -2.44. The third-order valence-electron chi connectivity index (χ3n) is 4.68. The van der Waals surface area contributed by atoms with E-state index in [1.54, 1.807) is 18.4 Å². The molecule has 0 radical (unpaired) electrons. The van der Waals surface area contributed by atoms with Crippen molar-refractivity contribution < 1.29 is 0 Å². The van der Waals surface area contributed by atoms with E-state index in [1.165, 1.54) is 10.4 Å². The van der Waals surface area contributed by atoms with Gasteiger partial charge in [-0.25, -0.2) is 9.97 Å². The Kier molecular flexibility index (Phi) is 7.00. The Hall–Kier alpha value is -2.19. The van der Waals surface area contributed by atoms with Crippen molar-refractivity contribution in [2.45, 2.75) is 26.4 Å². The van der Waals surface area contributed by atoms with Crippen LogP contribution in [0.3, 0.4) is 0 Å². The number of aliphatic imine (C=N–C) groups is 1. The largest absolute Gasteiger partial charge is 0.354 e. The molecule has 0 amide bonds. The maximum Gasteiger partial charge on any atom is 0.191 e. The highest BCUT2D eigenvalue weighted by Gasteiger charge is 2.15. The summed E-state index contributed by atoms with van der Waals surface area (Å²) in [6.07, 6.45) is 4.87. The second kappa shape index (κ2) is 9.66. The standard InChI is InChI=1S/C19H29N7S/c1-4-16-13-22-18(27-16)14-24-19(20-2)23-12-15-5-6-21-17(11-15)26-9-7-25(3)8-10-26/h5-6,11,13H,4,7-10,12,14H2,1-3H3,(H2,20,23,24). The molecule has 0 aromatic carbocycles. The van der Waals surface area contributed by atoms with Gasteiger partial charge in [-0.3, -0.25) is 4.99 Å². The highest BCUT2D eigenvalue weighted by Crippen LogP contribution is 2.15. The van der Waals surface area contributed by atoms with Gasteiger partial charge in [0.25, 0.3) is 0 Å². The fourth-order valence-electron chi connectivity index (χ4n) is 2.94. The molecular weight excluding hydrogens is 358 g/mol. The number of piperazine rings is 1. The number of hydrogen-bond acceptors (Lipinski definition) is 6. The molecule has 7 nitrogen and oxygen atoms in total. The number of likely N-dealkylation sites (N-methyl/N-ethyl adjacent to an activating group) is 1. The molecule has 27 heavy (non-hydrogen) atoms. The molecule has 0 atom stereocenters. The zero-order valence-electron chi connectivity index (χ0n) is 16.4. The summed E-state index contributed by atoms with van der Waals surface area (Å²) >= 11 is 1.74. The van der Waals surface area contributed by atoms with Crippen molar-refractivity contribution in [3.05, 3.63) is 40.0 Å². The minimum Gasteiger partial charge on any atom is -0.354 e. The van der Waals surface area contributed by atoms with Crippen LogP contribution in [0.4, 0.5) is 5.82 Å². The molecule has 2 aromatic heterocycles. The van der Waals surface area contributed by atoms with E-state index in [0.717, 1.165) is 49.4 Å². The van der Waals surface area contributed by atoms with E-state index >= 15 is 0 Å². The number of rotatable bonds is 6. The van der Waals surface area contributed by atoms with Gasteiger partial charge >= 0.3 is 0 Å². The monoisotopic (exact) mass is 387 g/mol. The van der Waals surface area contributed by atoms with Gasteiger partial charge < -0.3 is 20.4 Å². The molecule has 2 N–H and O–H groups in total. The van der Waals surface area contributed by atoms with Crippen LogP contribution in [0.5, 0.6) is 0 Å². The van der Waals surface area contributed by atoms with Crippen LogP contribution < -0.4 is 15.5 Å². The summed E-state index contributed by atoms with van der Waals surface area (Å²) in [5.41, 5.74) is 1.20. The Labute approximate surface area is 165 Å². The van der Waals surface area contributed by atoms with Gasteiger partial charge in [-0.05, 0) is 31.2 Å². The lowest BCUT2D eigenvalue weighted by molar-refractivity contribution is 0.312. The van der Waals surface area contributed by atoms with Gasteiger partial charge in [0.05, 0.1) is 6.54 Å². The first-order valence-electron chi connectivity index (χ1n) is 9.44. The van der Waals surface area contributed by atoms with Gasteiger partial charge in [0, 0.05) is 57.0 Å². The van der Waals surface area contributed by atoms with Crippen LogP contribution in [-0.4, -0.2) is 61.1 Å². The summed E-state index contributed by atoms with van der Waals surface area (Å²) in [6.45, 7) is 7.76. The van der Waals surface area contributed by atoms with Crippen LogP contribution in [0.2, 0.25) is 0 Å². The fourth-order valence-corrected chi connectivity index (χ4v) is 3.74. The summed E-state index contributed by atoms with van der Waals surface area (Å²) in [4.78, 5) is 19.3. The van der Waals surface area contributed by atoms with Crippen LogP contribution in [0, 0.1) is 0 Å². The minimum absolute atomic E-state index is 0.688. The zero-order chi connectivity index (χ0) is 19.1. The Morgan fingerprint density at radius 1 is 1.19 bits per heavy atom. The molecule has 0 saturated carbocycles. The molecule has 0 spiro atoms. The predicted molar refractivity (Wildman–Crippen MR) is 112 cm³/mol. The van der Waals surface area contributed by atoms with Crippen LogP contribution in [-0.2, 0) is 19.5 Å². The molecule has 0 unspecified atom stereocenters. The topological polar surface area (TPSA) is 68.7 Å². The smallest absolute Gasteiger partial charge is 0.191 e. The second-order valence-electron chi connectivity index (χ2n) is 6.67. The number of nitrogens with one attached hydrogen (secondary N) is 2. The molecule has 1 fully saturated rings. The van der Waals surface area contributed by atoms with Crippen molar-refractivity contribution in [2.24, 2.45) is 4.99 Å². The van der Waals surface area contributed by atoms with E-state index in [2.05, 4.69) is 55.4 Å². The van der Waals surface area contributed by atoms with Gasteiger partial charge in [0.1, 0.15) is 10.8 Å². The number of aromatic nitrogens is 2. The molecule has 8 heteroatoms. The number of nitrogens with zero attached hydrogens (tertiary/aromatic N) is 5. The summed E-state index contributed by atoms with van der Waals surface area (Å²) in [5, 5.41) is 7.79. The molecule has 1 aliphatic heterocycles. The Morgan fingerprint density at radius 2 is 1.96 bits per heavy atom. The maximum absolute atomic E-state index is 4.55. The Morgan fingerprint density at radius 3 is 2.67 bits per heavy atom. The Bertz CT molecular complexity index is 750. The molecule has 0 bridgehead atoms. The maximum atomic E-state index is 4.55. The predicted octanol–water partition coefficient (Wildman–Crippen LogP) is 1.72. The van der Waals surface area contributed by atoms with E-state index in [-0.39, 0.29) is 0 Å². The molecule has 146 valence electrons. The normalized spacial score (nSPS) is 15.8. The quantitative estimate of drug-likeness (QED) is 0.581. The number of guanidine groups is 1. The average Bonchev–Trinajstić information content (AvgIpc) is 3.17. The van der Waals surface area contributed by atoms with Crippen molar-refractivity contribution in [3.63, 3.8) is 0 Å². The number of thiazole rings is 1. The summed E-state index contributed by atoms with van der Waals surface area (Å²) in [5.74, 6) is 1.83. The SMILES string of the molecule is CCc1cnc(CNC(=NC)NCc2ccnc(N3CCN(C)CC3)c2)s1. The molecule has 1 aliphatic rings. The summed E-state index contributed by atoms with van der Waals surface area (Å²) < 4.78 is 0. The molecule has 2 aromatic rings.